The minimum absolute atomic E-state index is 0.108. The maximum atomic E-state index is 16.0. The van der Waals surface area contributed by atoms with Crippen molar-refractivity contribution in [2.45, 2.75) is 214 Å². The van der Waals surface area contributed by atoms with Crippen LogP contribution >= 0.6 is 0 Å². The zero-order chi connectivity index (χ0) is 41.7. The van der Waals surface area contributed by atoms with Crippen molar-refractivity contribution in [3.63, 3.8) is 0 Å². The third-order valence-corrected chi connectivity index (χ3v) is 14.2. The fourth-order valence-corrected chi connectivity index (χ4v) is 11.2. The summed E-state index contributed by atoms with van der Waals surface area (Å²) in [6.07, 6.45) is 18.0. The number of ether oxygens (including phenoxy) is 3. The molecule has 9 heteroatoms. The molecule has 4 aliphatic rings. The van der Waals surface area contributed by atoms with Crippen LogP contribution in [0.1, 0.15) is 202 Å². The summed E-state index contributed by atoms with van der Waals surface area (Å²) in [6, 6.07) is 0. The molecule has 7 nitrogen and oxygen atoms in total. The zero-order valence-corrected chi connectivity index (χ0v) is 37.5. The quantitative estimate of drug-likeness (QED) is 0.0380. The SMILES string of the molecule is CCCCCC(CCCCC)[C@@H](F)C(=O)OCC12CCC3(COC(=O)CCCN(CC)CC)CC(C1)CC(COC(=O)[C@H](F)C(CCCCC)CCCCC)(C3)C2. The van der Waals surface area contributed by atoms with Crippen molar-refractivity contribution >= 4 is 17.9 Å². The molecule has 0 N–H and O–H groups in total. The number of nitrogens with zero attached hydrogens (tertiary/aromatic N) is 1. The number of hydrogen-bond acceptors (Lipinski definition) is 7. The van der Waals surface area contributed by atoms with E-state index >= 15 is 8.78 Å². The van der Waals surface area contributed by atoms with Crippen molar-refractivity contribution in [1.82, 2.24) is 4.90 Å². The van der Waals surface area contributed by atoms with Crippen molar-refractivity contribution in [3.8, 4) is 0 Å². The van der Waals surface area contributed by atoms with Crippen LogP contribution in [-0.2, 0) is 28.6 Å². The van der Waals surface area contributed by atoms with Gasteiger partial charge in [0, 0.05) is 34.5 Å². The van der Waals surface area contributed by atoms with Gasteiger partial charge in [0.15, 0.2) is 12.3 Å². The molecule has 332 valence electrons. The number of halogens is 2. The van der Waals surface area contributed by atoms with Gasteiger partial charge in [-0.2, -0.15) is 0 Å². The molecule has 4 saturated carbocycles. The van der Waals surface area contributed by atoms with Gasteiger partial charge < -0.3 is 19.1 Å². The van der Waals surface area contributed by atoms with E-state index in [9.17, 15) is 14.4 Å². The monoisotopic (exact) mass is 810 g/mol. The highest BCUT2D eigenvalue weighted by atomic mass is 19.1. The summed E-state index contributed by atoms with van der Waals surface area (Å²) < 4.78 is 50.1. The molecule has 4 bridgehead atoms. The van der Waals surface area contributed by atoms with Crippen LogP contribution in [-0.4, -0.2) is 74.6 Å². The van der Waals surface area contributed by atoms with Crippen LogP contribution in [0, 0.1) is 34.0 Å². The van der Waals surface area contributed by atoms with Crippen molar-refractivity contribution in [2.75, 3.05) is 39.5 Å². The Morgan fingerprint density at radius 2 is 0.947 bits per heavy atom. The fraction of sp³-hybridized carbons (Fsp3) is 0.938. The van der Waals surface area contributed by atoms with E-state index in [0.717, 1.165) is 135 Å². The molecule has 0 heterocycles. The van der Waals surface area contributed by atoms with Crippen molar-refractivity contribution in [1.29, 1.82) is 0 Å². The van der Waals surface area contributed by atoms with Gasteiger partial charge in [0.05, 0.1) is 19.8 Å². The Morgan fingerprint density at radius 3 is 1.35 bits per heavy atom. The van der Waals surface area contributed by atoms with Crippen LogP contribution in [0.2, 0.25) is 0 Å². The topological polar surface area (TPSA) is 82.1 Å². The van der Waals surface area contributed by atoms with Crippen LogP contribution in [0.3, 0.4) is 0 Å². The Bertz CT molecular complexity index is 1150. The average Bonchev–Trinajstić information content (AvgIpc) is 3.37. The van der Waals surface area contributed by atoms with E-state index in [2.05, 4.69) is 46.4 Å². The van der Waals surface area contributed by atoms with Crippen LogP contribution in [0.5, 0.6) is 0 Å². The minimum atomic E-state index is -1.65. The predicted molar refractivity (Wildman–Crippen MR) is 226 cm³/mol. The minimum Gasteiger partial charge on any atom is -0.465 e. The molecule has 0 spiro atoms. The standard InChI is InChI=1S/C48H85F2NO6/c1-7-13-17-22-39(23-18-14-8-2)42(49)44(53)56-36-47-28-27-46(35-55-41(52)26-21-29-51(11-5)12-6)30-38(31-47)32-48(33-46,34-47)37-57-45(54)43(50)40(24-19-15-9-3)25-20-16-10-4/h38-40,42-43H,7-37H2,1-6H3/t38?,42-,43-,46?,47?,48?/m1/s1. The van der Waals surface area contributed by atoms with E-state index in [1.165, 1.54) is 0 Å². The maximum Gasteiger partial charge on any atom is 0.341 e. The molecular formula is C48H85F2NO6. The van der Waals surface area contributed by atoms with Gasteiger partial charge in [0.25, 0.3) is 0 Å². The van der Waals surface area contributed by atoms with Gasteiger partial charge in [-0.05, 0) is 103 Å². The summed E-state index contributed by atoms with van der Waals surface area (Å²) in [5.74, 6) is -2.09. The third kappa shape index (κ3) is 16.0. The smallest absolute Gasteiger partial charge is 0.341 e. The van der Waals surface area contributed by atoms with E-state index < -0.39 is 35.1 Å². The third-order valence-electron chi connectivity index (χ3n) is 14.2. The van der Waals surface area contributed by atoms with E-state index in [-0.39, 0.29) is 42.4 Å². The lowest BCUT2D eigenvalue weighted by Gasteiger charge is -2.54. The molecule has 6 atom stereocenters. The molecule has 0 saturated heterocycles. The molecule has 4 rings (SSSR count). The summed E-state index contributed by atoms with van der Waals surface area (Å²) in [4.78, 5) is 42.4. The molecule has 0 aromatic rings. The Hall–Kier alpha value is -1.77. The summed E-state index contributed by atoms with van der Waals surface area (Å²) >= 11 is 0. The lowest BCUT2D eigenvalue weighted by atomic mass is 9.51. The first-order valence-corrected chi connectivity index (χ1v) is 23.9. The number of carbonyl (C=O) groups is 3. The lowest BCUT2D eigenvalue weighted by Crippen LogP contribution is -2.50. The van der Waals surface area contributed by atoms with Crippen molar-refractivity contribution in [2.24, 2.45) is 34.0 Å². The zero-order valence-electron chi connectivity index (χ0n) is 37.5. The van der Waals surface area contributed by atoms with E-state index in [1.54, 1.807) is 0 Å². The normalized spacial score (nSPS) is 25.2. The largest absolute Gasteiger partial charge is 0.465 e. The lowest BCUT2D eigenvalue weighted by molar-refractivity contribution is -0.169. The maximum absolute atomic E-state index is 16.0. The number of esters is 3. The number of hydrogen-bond donors (Lipinski definition) is 0. The van der Waals surface area contributed by atoms with Gasteiger partial charge in [0.2, 0.25) is 0 Å². The van der Waals surface area contributed by atoms with Gasteiger partial charge in [-0.1, -0.05) is 119 Å². The molecule has 4 fully saturated rings. The summed E-state index contributed by atoms with van der Waals surface area (Å²) in [7, 11) is 0. The van der Waals surface area contributed by atoms with E-state index in [1.807, 2.05) is 0 Å². The molecule has 0 aromatic heterocycles. The first-order valence-electron chi connectivity index (χ1n) is 23.9. The Balaban J connectivity index is 1.79. The first kappa shape index (κ1) is 49.6. The summed E-state index contributed by atoms with van der Waals surface area (Å²) in [6.45, 7) is 16.1. The molecule has 4 aliphatic carbocycles. The van der Waals surface area contributed by atoms with Crippen LogP contribution < -0.4 is 0 Å². The Kier molecular flexibility index (Phi) is 22.4. The van der Waals surface area contributed by atoms with Crippen molar-refractivity contribution < 1.29 is 37.4 Å². The number of alkyl halides is 2. The second-order valence-corrected chi connectivity index (χ2v) is 19.1. The van der Waals surface area contributed by atoms with E-state index in [0.29, 0.717) is 51.6 Å². The molecule has 57 heavy (non-hydrogen) atoms. The van der Waals surface area contributed by atoms with Gasteiger partial charge >= 0.3 is 17.9 Å². The molecule has 0 amide bonds. The second kappa shape index (κ2) is 25.8. The van der Waals surface area contributed by atoms with Gasteiger partial charge in [-0.3, -0.25) is 4.79 Å². The number of rotatable bonds is 32. The number of unbranched alkanes of at least 4 members (excludes halogenated alkanes) is 8. The van der Waals surface area contributed by atoms with Crippen LogP contribution in [0.15, 0.2) is 0 Å². The molecular weight excluding hydrogens is 725 g/mol. The molecule has 0 radical (unpaired) electrons. The second-order valence-electron chi connectivity index (χ2n) is 19.1. The van der Waals surface area contributed by atoms with Gasteiger partial charge in [0.1, 0.15) is 0 Å². The average molecular weight is 810 g/mol. The molecule has 0 aromatic carbocycles. The highest BCUT2D eigenvalue weighted by molar-refractivity contribution is 5.75. The van der Waals surface area contributed by atoms with Crippen LogP contribution in [0.4, 0.5) is 8.78 Å². The summed E-state index contributed by atoms with van der Waals surface area (Å²) in [5, 5.41) is 0. The Morgan fingerprint density at radius 1 is 0.561 bits per heavy atom. The van der Waals surface area contributed by atoms with Crippen LogP contribution in [0.25, 0.3) is 0 Å². The summed E-state index contributed by atoms with van der Waals surface area (Å²) in [5.41, 5.74) is -1.14. The number of fused-ring (bicyclic) bond motifs is 1. The highest BCUT2D eigenvalue weighted by Gasteiger charge is 2.60. The molecule has 0 aliphatic heterocycles. The number of carbonyl (C=O) groups excluding carboxylic acids is 3. The Labute approximate surface area is 347 Å². The predicted octanol–water partition coefficient (Wildman–Crippen LogP) is 12.3. The molecule has 4 unspecified atom stereocenters. The first-order chi connectivity index (χ1) is 27.4. The van der Waals surface area contributed by atoms with Crippen molar-refractivity contribution in [3.05, 3.63) is 0 Å². The van der Waals surface area contributed by atoms with E-state index in [4.69, 9.17) is 14.2 Å². The van der Waals surface area contributed by atoms with Gasteiger partial charge in [-0.15, -0.1) is 0 Å². The fourth-order valence-electron chi connectivity index (χ4n) is 11.2. The highest BCUT2D eigenvalue weighted by Crippen LogP contribution is 2.66. The van der Waals surface area contributed by atoms with Gasteiger partial charge in [-0.25, -0.2) is 18.4 Å².